The number of ketones is 1. The van der Waals surface area contributed by atoms with Crippen LogP contribution >= 0.6 is 46.4 Å². The van der Waals surface area contributed by atoms with Crippen LogP contribution in [0.5, 0.6) is 23.0 Å². The van der Waals surface area contributed by atoms with E-state index in [-0.39, 0.29) is 37.5 Å². The Hall–Kier alpha value is -4.53. The van der Waals surface area contributed by atoms with Gasteiger partial charge < -0.3 is 9.47 Å². The molecule has 0 aliphatic heterocycles. The number of halogens is 4. The molecule has 0 saturated heterocycles. The van der Waals surface area contributed by atoms with Gasteiger partial charge in [0.1, 0.15) is 56.3 Å². The molecule has 0 radical (unpaired) electrons. The normalized spacial score (nSPS) is 12.3. The molecule has 0 aliphatic rings. The molecular weight excluding hydrogens is 666 g/mol. The summed E-state index contributed by atoms with van der Waals surface area (Å²) in [5, 5.41) is 0.0920. The molecule has 0 saturated carbocycles. The van der Waals surface area contributed by atoms with Gasteiger partial charge in [0.15, 0.2) is 5.78 Å². The van der Waals surface area contributed by atoms with E-state index in [9.17, 15) is 4.79 Å². The van der Waals surface area contributed by atoms with Crippen LogP contribution in [0.1, 0.15) is 34.1 Å². The summed E-state index contributed by atoms with van der Waals surface area (Å²) in [6.07, 6.45) is 2.46. The van der Waals surface area contributed by atoms with Crippen LogP contribution in [0.3, 0.4) is 0 Å². The third kappa shape index (κ3) is 6.98. The van der Waals surface area contributed by atoms with Crippen molar-refractivity contribution in [3.05, 3.63) is 165 Å². The Balaban J connectivity index is 1.45. The fraction of sp³-hybridized carbons (Fsp3) is 0.0571. The summed E-state index contributed by atoms with van der Waals surface area (Å²) in [5.74, 6) is -0.0108. The molecule has 2 atom stereocenters. The van der Waals surface area contributed by atoms with Gasteiger partial charge in [0.05, 0.1) is 11.8 Å². The molecule has 0 amide bonds. The molecule has 2 aromatic heterocycles. The summed E-state index contributed by atoms with van der Waals surface area (Å²) in [5.41, 5.74) is 1.57. The Bertz CT molecular complexity index is 1780. The first-order valence-electron chi connectivity index (χ1n) is 13.9. The molecule has 0 spiro atoms. The summed E-state index contributed by atoms with van der Waals surface area (Å²) in [7, 11) is 0. The highest BCUT2D eigenvalue weighted by atomic mass is 35.5. The lowest BCUT2D eigenvalue weighted by molar-refractivity contribution is -0.120. The number of para-hydroxylation sites is 2. The minimum Gasteiger partial charge on any atom is -0.457 e. The largest absolute Gasteiger partial charge is 0.457 e. The standard InChI is InChI=1S/C35H22Cl4N4O3/c36-32-29(33(37)41-19-40-32)27(21-11-15-25(16-12-21)45-23-7-3-1-4-8-23)31(44)28(30-34(38)42-20-43-35(30)39)22-13-17-26(18-14-22)46-24-9-5-2-6-10-24/h1-20,27-28H. The van der Waals surface area contributed by atoms with Gasteiger partial charge in [-0.05, 0) is 59.7 Å². The van der Waals surface area contributed by atoms with Crippen molar-refractivity contribution < 1.29 is 14.3 Å². The van der Waals surface area contributed by atoms with Gasteiger partial charge in [0, 0.05) is 11.1 Å². The summed E-state index contributed by atoms with van der Waals surface area (Å²) in [4.78, 5) is 31.5. The van der Waals surface area contributed by atoms with Crippen LogP contribution < -0.4 is 9.47 Å². The zero-order valence-electron chi connectivity index (χ0n) is 23.7. The van der Waals surface area contributed by atoms with E-state index < -0.39 is 11.8 Å². The predicted octanol–water partition coefficient (Wildman–Crippen LogP) is 10.00. The van der Waals surface area contributed by atoms with E-state index in [1.165, 1.54) is 12.7 Å². The van der Waals surface area contributed by atoms with Crippen molar-refractivity contribution >= 4 is 52.2 Å². The number of hydrogen-bond donors (Lipinski definition) is 0. The van der Waals surface area contributed by atoms with Crippen molar-refractivity contribution in [3.8, 4) is 23.0 Å². The number of carbonyl (C=O) groups is 1. The molecule has 2 heterocycles. The third-order valence-corrected chi connectivity index (χ3v) is 8.31. The number of aromatic nitrogens is 4. The first-order chi connectivity index (χ1) is 22.4. The van der Waals surface area contributed by atoms with Gasteiger partial charge in [0.25, 0.3) is 0 Å². The molecule has 6 rings (SSSR count). The molecule has 0 aliphatic carbocycles. The minimum atomic E-state index is -1.05. The minimum absolute atomic E-state index is 0.0230. The van der Waals surface area contributed by atoms with Gasteiger partial charge in [-0.1, -0.05) is 107 Å². The first kappa shape index (κ1) is 31.5. The fourth-order valence-electron chi connectivity index (χ4n) is 5.00. The number of nitrogens with zero attached hydrogens (tertiary/aromatic N) is 4. The van der Waals surface area contributed by atoms with Gasteiger partial charge in [-0.3, -0.25) is 4.79 Å². The van der Waals surface area contributed by atoms with Gasteiger partial charge in [0.2, 0.25) is 0 Å². The van der Waals surface area contributed by atoms with Gasteiger partial charge in [-0.2, -0.15) is 0 Å². The molecule has 46 heavy (non-hydrogen) atoms. The van der Waals surface area contributed by atoms with Crippen molar-refractivity contribution in [1.82, 2.24) is 19.9 Å². The third-order valence-electron chi connectivity index (χ3n) is 7.10. The highest BCUT2D eigenvalue weighted by Crippen LogP contribution is 2.43. The Morgan fingerprint density at radius 3 is 1.09 bits per heavy atom. The SMILES string of the molecule is O=C(C(c1ccc(Oc2ccccc2)cc1)c1c(Cl)ncnc1Cl)C(c1ccc(Oc2ccccc2)cc1)c1c(Cl)ncnc1Cl. The summed E-state index contributed by atoms with van der Waals surface area (Å²) in [6.45, 7) is 0. The molecule has 0 fully saturated rings. The Morgan fingerprint density at radius 2 is 0.761 bits per heavy atom. The Kier molecular flexibility index (Phi) is 9.76. The number of Topliss-reactive ketones (excluding diaryl/α,β-unsaturated/α-hetero) is 1. The second kappa shape index (κ2) is 14.3. The van der Waals surface area contributed by atoms with E-state index >= 15 is 0 Å². The maximum absolute atomic E-state index is 15.0. The highest BCUT2D eigenvalue weighted by molar-refractivity contribution is 6.36. The predicted molar refractivity (Wildman–Crippen MR) is 179 cm³/mol. The lowest BCUT2D eigenvalue weighted by atomic mass is 9.78. The van der Waals surface area contributed by atoms with E-state index in [0.29, 0.717) is 34.1 Å². The van der Waals surface area contributed by atoms with E-state index in [1.807, 2.05) is 60.7 Å². The number of carbonyl (C=O) groups excluding carboxylic acids is 1. The molecule has 0 N–H and O–H groups in total. The molecular formula is C35H22Cl4N4O3. The molecule has 2 unspecified atom stereocenters. The van der Waals surface area contributed by atoms with Gasteiger partial charge in [-0.25, -0.2) is 19.9 Å². The topological polar surface area (TPSA) is 87.1 Å². The zero-order valence-corrected chi connectivity index (χ0v) is 26.8. The number of hydrogen-bond acceptors (Lipinski definition) is 7. The van der Waals surface area contributed by atoms with E-state index in [0.717, 1.165) is 0 Å². The molecule has 7 nitrogen and oxygen atoms in total. The van der Waals surface area contributed by atoms with Gasteiger partial charge in [-0.15, -0.1) is 0 Å². The van der Waals surface area contributed by atoms with E-state index in [2.05, 4.69) is 19.9 Å². The smallest absolute Gasteiger partial charge is 0.157 e. The highest BCUT2D eigenvalue weighted by Gasteiger charge is 2.38. The van der Waals surface area contributed by atoms with Crippen LogP contribution in [-0.2, 0) is 4.79 Å². The van der Waals surface area contributed by atoms with Crippen molar-refractivity contribution in [3.63, 3.8) is 0 Å². The Labute approximate surface area is 284 Å². The van der Waals surface area contributed by atoms with Crippen LogP contribution in [0.4, 0.5) is 0 Å². The summed E-state index contributed by atoms with van der Waals surface area (Å²) < 4.78 is 11.9. The van der Waals surface area contributed by atoms with E-state index in [4.69, 9.17) is 55.9 Å². The van der Waals surface area contributed by atoms with Crippen molar-refractivity contribution in [2.24, 2.45) is 0 Å². The quantitative estimate of drug-likeness (QED) is 0.132. The molecule has 0 bridgehead atoms. The molecule has 11 heteroatoms. The average Bonchev–Trinajstić information content (AvgIpc) is 3.06. The molecule has 6 aromatic rings. The van der Waals surface area contributed by atoms with Crippen LogP contribution in [0.15, 0.2) is 122 Å². The monoisotopic (exact) mass is 686 g/mol. The van der Waals surface area contributed by atoms with Crippen LogP contribution in [0, 0.1) is 0 Å². The Morgan fingerprint density at radius 1 is 0.457 bits per heavy atom. The zero-order chi connectivity index (χ0) is 32.0. The lowest BCUT2D eigenvalue weighted by Gasteiger charge is -2.26. The number of ether oxygens (including phenoxy) is 2. The number of benzene rings is 4. The fourth-order valence-corrected chi connectivity index (χ4v) is 6.07. The van der Waals surface area contributed by atoms with Crippen molar-refractivity contribution in [2.45, 2.75) is 11.8 Å². The van der Waals surface area contributed by atoms with Gasteiger partial charge >= 0.3 is 0 Å². The number of rotatable bonds is 10. The van der Waals surface area contributed by atoms with Crippen LogP contribution in [-0.4, -0.2) is 25.7 Å². The maximum atomic E-state index is 15.0. The van der Waals surface area contributed by atoms with E-state index in [1.54, 1.807) is 48.5 Å². The first-order valence-corrected chi connectivity index (χ1v) is 15.4. The second-order valence-electron chi connectivity index (χ2n) is 9.97. The lowest BCUT2D eigenvalue weighted by Crippen LogP contribution is -2.25. The average molecular weight is 688 g/mol. The van der Waals surface area contributed by atoms with Crippen LogP contribution in [0.2, 0.25) is 20.6 Å². The van der Waals surface area contributed by atoms with Crippen LogP contribution in [0.25, 0.3) is 0 Å². The molecule has 4 aromatic carbocycles. The summed E-state index contributed by atoms with van der Waals surface area (Å²) >= 11 is 26.4. The second-order valence-corrected chi connectivity index (χ2v) is 11.4. The molecule has 228 valence electrons. The van der Waals surface area contributed by atoms with Crippen molar-refractivity contribution in [2.75, 3.05) is 0 Å². The maximum Gasteiger partial charge on any atom is 0.157 e. The van der Waals surface area contributed by atoms with Crippen molar-refractivity contribution in [1.29, 1.82) is 0 Å². The summed E-state index contributed by atoms with van der Waals surface area (Å²) in [6, 6.07) is 32.8.